The van der Waals surface area contributed by atoms with E-state index in [1.54, 1.807) is 0 Å². The van der Waals surface area contributed by atoms with Crippen molar-refractivity contribution in [3.05, 3.63) is 0 Å². The summed E-state index contributed by atoms with van der Waals surface area (Å²) in [4.78, 5) is 51.8. The van der Waals surface area contributed by atoms with E-state index in [0.717, 1.165) is 13.8 Å². The molecule has 9 nitrogen and oxygen atoms in total. The highest BCUT2D eigenvalue weighted by Crippen LogP contribution is 2.49. The lowest BCUT2D eigenvalue weighted by Gasteiger charge is -2.41. The van der Waals surface area contributed by atoms with Crippen molar-refractivity contribution in [2.45, 2.75) is 142 Å². The highest BCUT2D eigenvalue weighted by Gasteiger charge is 2.71. The molecule has 0 spiro atoms. The molecule has 27 heteroatoms. The van der Waals surface area contributed by atoms with Crippen molar-refractivity contribution < 1.29 is 122 Å². The highest BCUT2D eigenvalue weighted by molar-refractivity contribution is 5.84. The van der Waals surface area contributed by atoms with Gasteiger partial charge in [0.1, 0.15) is 6.10 Å². The molecular weight excluding hydrogens is 858 g/mol. The molecule has 0 rings (SSSR count). The van der Waals surface area contributed by atoms with Crippen LogP contribution in [0.4, 0.5) is 79.0 Å². The van der Waals surface area contributed by atoms with Gasteiger partial charge in [0.15, 0.2) is 6.61 Å². The Bertz CT molecular complexity index is 1390. The van der Waals surface area contributed by atoms with E-state index >= 15 is 0 Å². The number of hydrogen-bond acceptors (Lipinski definition) is 9. The van der Waals surface area contributed by atoms with Crippen LogP contribution in [0.1, 0.15) is 80.6 Å². The predicted molar refractivity (Wildman–Crippen MR) is 155 cm³/mol. The van der Waals surface area contributed by atoms with Crippen molar-refractivity contribution in [3.8, 4) is 0 Å². The van der Waals surface area contributed by atoms with Gasteiger partial charge in [0.2, 0.25) is 0 Å². The van der Waals surface area contributed by atoms with Crippen LogP contribution in [0.2, 0.25) is 0 Å². The van der Waals surface area contributed by atoms with Crippen LogP contribution in [0, 0.1) is 22.2 Å². The zero-order valence-electron chi connectivity index (χ0n) is 31.1. The molecule has 0 amide bonds. The van der Waals surface area contributed by atoms with Crippen LogP contribution in [0.15, 0.2) is 0 Å². The maximum Gasteiger partial charge on any atom is 0.434 e. The predicted octanol–water partition coefficient (Wildman–Crippen LogP) is 9.04. The summed E-state index contributed by atoms with van der Waals surface area (Å²) in [5.41, 5.74) is -13.5. The maximum absolute atomic E-state index is 13.6. The summed E-state index contributed by atoms with van der Waals surface area (Å²) in [5.74, 6) is -9.60. The normalized spacial score (nSPS) is 16.8. The van der Waals surface area contributed by atoms with Crippen molar-refractivity contribution in [3.63, 3.8) is 0 Å². The smallest absolute Gasteiger partial charge is 0.434 e. The molecule has 0 bridgehead atoms. The first-order valence-corrected chi connectivity index (χ1v) is 16.2. The third-order valence-corrected chi connectivity index (χ3v) is 8.38. The van der Waals surface area contributed by atoms with Crippen LogP contribution in [-0.4, -0.2) is 96.6 Å². The van der Waals surface area contributed by atoms with Gasteiger partial charge in [-0.15, -0.1) is 0 Å². The van der Waals surface area contributed by atoms with Crippen LogP contribution in [0.3, 0.4) is 0 Å². The number of hydrogen-bond donors (Lipinski definition) is 1. The molecule has 0 fully saturated rings. The van der Waals surface area contributed by atoms with Gasteiger partial charge in [-0.25, -0.2) is 4.79 Å². The van der Waals surface area contributed by atoms with E-state index in [0.29, 0.717) is 20.8 Å². The van der Waals surface area contributed by atoms with Gasteiger partial charge in [0.25, 0.3) is 17.8 Å². The fourth-order valence-electron chi connectivity index (χ4n) is 5.54. The van der Waals surface area contributed by atoms with E-state index in [1.165, 1.54) is 13.8 Å². The van der Waals surface area contributed by atoms with E-state index in [2.05, 4.69) is 14.2 Å². The SMILES string of the molecule is CCC(C)(CC(C)(CC(C)(C)C(=O)OC(C(F)(F)F)C(F)(F)F)C(=O)OCC(=O)OC(C(F)(F)F)C(F)(F)F)C(=O)OC(CC(C)C)CC(O)(C(F)(F)F)C(F)(F)F. The van der Waals surface area contributed by atoms with E-state index in [4.69, 9.17) is 4.74 Å². The minimum absolute atomic E-state index is 0.547. The number of esters is 4. The van der Waals surface area contributed by atoms with Crippen LogP contribution in [-0.2, 0) is 38.1 Å². The molecule has 3 atom stereocenters. The zero-order valence-corrected chi connectivity index (χ0v) is 31.1. The number of halogens is 18. The zero-order chi connectivity index (χ0) is 46.7. The molecule has 3 unspecified atom stereocenters. The first-order chi connectivity index (χ1) is 25.3. The van der Waals surface area contributed by atoms with Gasteiger partial charge >= 0.3 is 60.9 Å². The molecule has 0 aromatic carbocycles. The van der Waals surface area contributed by atoms with Gasteiger partial charge in [-0.05, 0) is 59.3 Å². The molecule has 0 saturated carbocycles. The summed E-state index contributed by atoms with van der Waals surface area (Å²) in [5, 5.41) is 9.74. The van der Waals surface area contributed by atoms with Crippen molar-refractivity contribution in [2.75, 3.05) is 6.61 Å². The topological polar surface area (TPSA) is 125 Å². The molecule has 1 N–H and O–H groups in total. The Balaban J connectivity index is 7.16. The number of alkyl halides is 18. The van der Waals surface area contributed by atoms with Crippen molar-refractivity contribution in [1.82, 2.24) is 0 Å². The molecule has 0 aliphatic carbocycles. The Kier molecular flexibility index (Phi) is 17.0. The Labute approximate surface area is 317 Å². The highest BCUT2D eigenvalue weighted by atomic mass is 19.4. The molecule has 0 radical (unpaired) electrons. The summed E-state index contributed by atoms with van der Waals surface area (Å²) in [6.07, 6.45) is -56.6. The number of aliphatic hydroxyl groups is 1. The standard InChI is InChI=1S/C31H38F18O9/c1-8-23(6,21(53)56-15(9-14(2)3)10-25(54,30(44,45)46)31(47,48)49)13-24(7,12-22(4,5)19(51)58-18(28(38,39)40)29(41,42)43)20(52)55-11-16(50)57-17(26(32,33)34)27(35,36)37/h14-15,17-18,54H,8-13H2,1-7H3. The summed E-state index contributed by atoms with van der Waals surface area (Å²) in [6, 6.07) is 0. The van der Waals surface area contributed by atoms with Crippen LogP contribution in [0.5, 0.6) is 0 Å². The van der Waals surface area contributed by atoms with E-state index in [9.17, 15) is 103 Å². The van der Waals surface area contributed by atoms with Gasteiger partial charge in [-0.2, -0.15) is 79.0 Å². The van der Waals surface area contributed by atoms with Crippen molar-refractivity contribution in [2.24, 2.45) is 22.2 Å². The first-order valence-electron chi connectivity index (χ1n) is 16.2. The molecule has 0 saturated heterocycles. The fourth-order valence-corrected chi connectivity index (χ4v) is 5.54. The van der Waals surface area contributed by atoms with Gasteiger partial charge in [-0.3, -0.25) is 14.4 Å². The van der Waals surface area contributed by atoms with Crippen LogP contribution < -0.4 is 0 Å². The summed E-state index contributed by atoms with van der Waals surface area (Å²) < 4.78 is 254. The van der Waals surface area contributed by atoms with Crippen molar-refractivity contribution in [1.29, 1.82) is 0 Å². The average Bonchev–Trinajstić information content (AvgIpc) is 2.96. The minimum atomic E-state index is -6.41. The molecule has 58 heavy (non-hydrogen) atoms. The summed E-state index contributed by atoms with van der Waals surface area (Å²) in [7, 11) is 0. The van der Waals surface area contributed by atoms with Gasteiger partial charge in [-0.1, -0.05) is 20.8 Å². The average molecular weight is 897 g/mol. The van der Waals surface area contributed by atoms with E-state index < -0.39 is 146 Å². The Morgan fingerprint density at radius 3 is 1.29 bits per heavy atom. The molecule has 342 valence electrons. The van der Waals surface area contributed by atoms with Crippen LogP contribution >= 0.6 is 0 Å². The number of rotatable bonds is 17. The largest absolute Gasteiger partial charge is 0.462 e. The third-order valence-electron chi connectivity index (χ3n) is 8.38. The first kappa shape index (κ1) is 54.6. The van der Waals surface area contributed by atoms with Crippen molar-refractivity contribution >= 4 is 23.9 Å². The molecular formula is C31H38F18O9. The summed E-state index contributed by atoms with van der Waals surface area (Å²) >= 11 is 0. The molecule has 0 aliphatic heterocycles. The van der Waals surface area contributed by atoms with E-state index in [-0.39, 0.29) is 0 Å². The quantitative estimate of drug-likeness (QED) is 0.0866. The summed E-state index contributed by atoms with van der Waals surface area (Å²) in [6.45, 7) is 3.84. The fraction of sp³-hybridized carbons (Fsp3) is 0.871. The number of carbonyl (C=O) groups is 4. The maximum atomic E-state index is 13.6. The van der Waals surface area contributed by atoms with Gasteiger partial charge < -0.3 is 24.1 Å². The van der Waals surface area contributed by atoms with E-state index in [1.807, 2.05) is 0 Å². The lowest BCUT2D eigenvalue weighted by Crippen LogP contribution is -2.59. The lowest BCUT2D eigenvalue weighted by molar-refractivity contribution is -0.374. The second kappa shape index (κ2) is 18.1. The second-order valence-electron chi connectivity index (χ2n) is 14.8. The molecule has 0 heterocycles. The Hall–Kier alpha value is -3.42. The monoisotopic (exact) mass is 896 g/mol. The van der Waals surface area contributed by atoms with Crippen LogP contribution in [0.25, 0.3) is 0 Å². The molecule has 0 aliphatic rings. The van der Waals surface area contributed by atoms with Gasteiger partial charge in [0.05, 0.1) is 16.2 Å². The minimum Gasteiger partial charge on any atom is -0.462 e. The second-order valence-corrected chi connectivity index (χ2v) is 14.8. The number of ether oxygens (including phenoxy) is 4. The Morgan fingerprint density at radius 2 is 0.948 bits per heavy atom. The molecule has 0 aromatic heterocycles. The Morgan fingerprint density at radius 1 is 0.552 bits per heavy atom. The third kappa shape index (κ3) is 14.7. The molecule has 0 aromatic rings. The van der Waals surface area contributed by atoms with Gasteiger partial charge in [0, 0.05) is 6.42 Å². The lowest BCUT2D eigenvalue weighted by atomic mass is 9.65. The number of carbonyl (C=O) groups excluding carboxylic acids is 4.